The fraction of sp³-hybridized carbons (Fsp3) is 0.0722. The predicted molar refractivity (Wildman–Crippen MR) is 522 cm³/mol. The van der Waals surface area contributed by atoms with E-state index in [-0.39, 0.29) is 57.7 Å². The topological polar surface area (TPSA) is 416 Å². The van der Waals surface area contributed by atoms with E-state index in [0.717, 1.165) is 68.2 Å². The van der Waals surface area contributed by atoms with E-state index < -0.39 is 77.7 Å². The summed E-state index contributed by atoms with van der Waals surface area (Å²) in [5, 5.41) is 5.03. The molecule has 1 aliphatic heterocycles. The van der Waals surface area contributed by atoms with Crippen LogP contribution in [0.15, 0.2) is 352 Å². The maximum absolute atomic E-state index is 13.6. The van der Waals surface area contributed by atoms with Gasteiger partial charge in [0.15, 0.2) is 0 Å². The van der Waals surface area contributed by atoms with E-state index in [9.17, 15) is 68.1 Å². The van der Waals surface area contributed by atoms with Crippen LogP contribution in [0, 0.1) is 40.4 Å². The van der Waals surface area contributed by atoms with Crippen LogP contribution in [0.25, 0.3) is 76.5 Å². The molecule has 135 heavy (non-hydrogen) atoms. The highest BCUT2D eigenvalue weighted by Crippen LogP contribution is 2.45. The van der Waals surface area contributed by atoms with Crippen molar-refractivity contribution in [3.05, 3.63) is 367 Å². The number of nitrogens with zero attached hydrogens (tertiary/aromatic N) is 6. The van der Waals surface area contributed by atoms with Crippen molar-refractivity contribution in [2.45, 2.75) is 70.2 Å². The van der Waals surface area contributed by atoms with Crippen LogP contribution in [-0.2, 0) is 66.3 Å². The Hall–Kier alpha value is -15.0. The van der Waals surface area contributed by atoms with Crippen molar-refractivity contribution in [3.8, 4) is 16.9 Å². The molecule has 38 heteroatoms. The number of halogens is 5. The van der Waals surface area contributed by atoms with E-state index in [1.807, 2.05) is 77.1 Å². The predicted octanol–water partition coefficient (Wildman–Crippen LogP) is 20.7. The van der Waals surface area contributed by atoms with E-state index in [1.165, 1.54) is 49.8 Å². The van der Waals surface area contributed by atoms with Crippen LogP contribution in [0.2, 0.25) is 5.02 Å². The van der Waals surface area contributed by atoms with Crippen LogP contribution in [0.5, 0.6) is 5.75 Å². The Morgan fingerprint density at radius 2 is 0.785 bits per heavy atom. The number of pyridine rings is 6. The van der Waals surface area contributed by atoms with Gasteiger partial charge in [-0.3, -0.25) is 58.2 Å². The molecule has 688 valence electrons. The van der Waals surface area contributed by atoms with Crippen molar-refractivity contribution in [2.24, 2.45) is 0 Å². The molecule has 0 unspecified atom stereocenters. The molecule has 6 aromatic heterocycles. The maximum Gasteiger partial charge on any atom is 0.416 e. The standard InChI is InChI=1S/C17H17N3O3S.C17H16N2O2S.C16H14ClN3O2S.C16H9F3N2O2S.C16H14N2O2S.C15H11FN2O2S/c1-11-5-6-16(14(18)8-11)24(21,22)20-15-10-13(23-2)9-12-4-3-7-19-17(12)15;1-12-11-16(17-15(13(12)2)9-6-10-18-17)19-22(20,21)14-7-4-3-5-8-14;1-10-4-7-15(13(18)9-10)23(21,22)20-14-6-5-12(17)11-3-2-8-19-16(11)14;17-16(18,19)10-4-6-13-12(8-10)11-5-3-9-2-1-7-20-14(9)15(11)21-24(13,22)23;1-12-10-13-6-5-9-17-16(13)15(11-12)18-21(19,20)14-7-3-2-4-8-14;16-12-9-11-5-4-8-17-15(11)14(10-12)18-21(19,20)13-6-2-1-3-7-13/h3-10,20H,18H2,1-2H3;3-11,19H,1-2H3;2-9,20H,18H2,1H3;1-8,21H;2-11,18H,1H3;1-10,18H. The average Bonchev–Trinajstić information content (AvgIpc) is 0.730. The van der Waals surface area contributed by atoms with Gasteiger partial charge in [0.05, 0.1) is 116 Å². The lowest BCUT2D eigenvalue weighted by Gasteiger charge is -2.23. The summed E-state index contributed by atoms with van der Waals surface area (Å²) in [6.07, 6.45) is 4.97. The number of alkyl halides is 3. The third-order valence-corrected chi connectivity index (χ3v) is 29.5. The molecule has 0 fully saturated rings. The number of ether oxygens (including phenoxy) is 1. The van der Waals surface area contributed by atoms with E-state index in [2.05, 4.69) is 58.2 Å². The Bertz CT molecular complexity index is 8200. The summed E-state index contributed by atoms with van der Waals surface area (Å²) in [5.41, 5.74) is 21.6. The zero-order valence-corrected chi connectivity index (χ0v) is 77.7. The summed E-state index contributed by atoms with van der Waals surface area (Å²) in [5.74, 6) is 0.00587. The monoisotopic (exact) mass is 1950 g/mol. The lowest BCUT2D eigenvalue weighted by molar-refractivity contribution is -0.137. The van der Waals surface area contributed by atoms with Crippen LogP contribution in [-0.4, -0.2) is 87.5 Å². The Balaban J connectivity index is 0.000000130. The molecule has 0 amide bonds. The SMILES string of the molecule is COc1cc(NS(=O)(=O)c2ccc(C)cc2N)c2ncccc2c1.Cc1cc(NS(=O)(=O)c2ccccc2)c2ncccc2c1.Cc1cc(NS(=O)(=O)c2ccccc2)c2ncccc2c1C.Cc1ccc(S(=O)(=O)Nc2ccc(Cl)c3cccnc23)c(N)c1.O=S(=O)(Nc1cc(F)cc2cccnc12)c1ccccc1.O=S1(=O)Nc2c(ccc3cccnc23)-c2cc(C(F)(F)F)ccc21. The number of aryl methyl sites for hydroxylation is 5. The van der Waals surface area contributed by atoms with Gasteiger partial charge in [0.25, 0.3) is 60.1 Å². The molecule has 0 spiro atoms. The summed E-state index contributed by atoms with van der Waals surface area (Å²) < 4.78 is 223. The molecule has 7 heterocycles. The Morgan fingerprint density at radius 3 is 1.27 bits per heavy atom. The quantitative estimate of drug-likeness (QED) is 0.0329. The molecule has 0 saturated heterocycles. The van der Waals surface area contributed by atoms with Gasteiger partial charge in [-0.25, -0.2) is 54.9 Å². The van der Waals surface area contributed by atoms with Gasteiger partial charge in [0.1, 0.15) is 21.4 Å². The fourth-order valence-corrected chi connectivity index (χ4v) is 21.4. The van der Waals surface area contributed by atoms with Crippen molar-refractivity contribution >= 4 is 183 Å². The highest BCUT2D eigenvalue weighted by atomic mass is 35.5. The number of sulfonamides is 6. The van der Waals surface area contributed by atoms with Gasteiger partial charge < -0.3 is 16.2 Å². The first kappa shape index (κ1) is 96.1. The van der Waals surface area contributed by atoms with Gasteiger partial charge >= 0.3 is 6.18 Å². The third kappa shape index (κ3) is 22.3. The molecular formula is C97H81ClF4N14O13S6. The number of benzene rings is 12. The van der Waals surface area contributed by atoms with Gasteiger partial charge in [0, 0.05) is 92.8 Å². The van der Waals surface area contributed by atoms with Crippen molar-refractivity contribution in [2.75, 3.05) is 46.9 Å². The zero-order chi connectivity index (χ0) is 96.5. The first-order valence-corrected chi connectivity index (χ1v) is 49.8. The van der Waals surface area contributed by atoms with Crippen LogP contribution >= 0.6 is 11.6 Å². The van der Waals surface area contributed by atoms with Gasteiger partial charge in [-0.2, -0.15) is 13.2 Å². The second-order valence-corrected chi connectivity index (χ2v) is 40.8. The Kier molecular flexibility index (Phi) is 28.3. The first-order chi connectivity index (χ1) is 64.2. The molecule has 0 bridgehead atoms. The van der Waals surface area contributed by atoms with Crippen LogP contribution in [0.1, 0.15) is 33.4 Å². The number of hydrogen-bond donors (Lipinski definition) is 8. The second-order valence-electron chi connectivity index (χ2n) is 30.4. The number of hydrogen-bond acceptors (Lipinski definition) is 21. The summed E-state index contributed by atoms with van der Waals surface area (Å²) in [7, 11) is -21.1. The molecule has 0 aliphatic carbocycles. The van der Waals surface area contributed by atoms with Gasteiger partial charge in [-0.15, -0.1) is 0 Å². The molecule has 18 aromatic rings. The largest absolute Gasteiger partial charge is 0.497 e. The minimum Gasteiger partial charge on any atom is -0.497 e. The highest BCUT2D eigenvalue weighted by Gasteiger charge is 2.36. The van der Waals surface area contributed by atoms with Crippen molar-refractivity contribution in [3.63, 3.8) is 0 Å². The van der Waals surface area contributed by atoms with E-state index in [0.29, 0.717) is 88.3 Å². The first-order valence-electron chi connectivity index (χ1n) is 40.5. The number of anilines is 8. The Labute approximate surface area is 780 Å². The molecule has 27 nitrogen and oxygen atoms in total. The van der Waals surface area contributed by atoms with Gasteiger partial charge in [-0.05, 0) is 226 Å². The molecular weight excluding hydrogens is 1870 g/mol. The van der Waals surface area contributed by atoms with E-state index in [1.54, 1.807) is 213 Å². The fourth-order valence-electron chi connectivity index (χ4n) is 14.3. The zero-order valence-electron chi connectivity index (χ0n) is 72.1. The number of nitrogens with two attached hydrogens (primary N) is 2. The molecule has 0 radical (unpaired) electrons. The third-order valence-electron chi connectivity index (χ3n) is 20.8. The molecule has 19 rings (SSSR count). The lowest BCUT2D eigenvalue weighted by Crippen LogP contribution is -2.20. The summed E-state index contributed by atoms with van der Waals surface area (Å²) >= 11 is 6.12. The van der Waals surface area contributed by atoms with E-state index in [4.69, 9.17) is 27.8 Å². The number of methoxy groups -OCH3 is 1. The van der Waals surface area contributed by atoms with Crippen molar-refractivity contribution in [1.29, 1.82) is 0 Å². The lowest BCUT2D eigenvalue weighted by atomic mass is 9.99. The number of fused-ring (bicyclic) bond motifs is 10. The van der Waals surface area contributed by atoms with Crippen LogP contribution in [0.4, 0.5) is 63.1 Å². The molecule has 1 aliphatic rings. The van der Waals surface area contributed by atoms with Crippen LogP contribution < -0.4 is 44.5 Å². The minimum absolute atomic E-state index is 0.0196. The highest BCUT2D eigenvalue weighted by molar-refractivity contribution is 7.94. The normalized spacial score (nSPS) is 12.2. The second kappa shape index (κ2) is 39.8. The van der Waals surface area contributed by atoms with Gasteiger partial charge in [0.2, 0.25) is 0 Å². The molecule has 0 saturated carbocycles. The molecule has 10 N–H and O–H groups in total. The number of nitrogens with one attached hydrogen (secondary N) is 6. The molecule has 0 atom stereocenters. The number of rotatable bonds is 16. The Morgan fingerprint density at radius 1 is 0.370 bits per heavy atom. The smallest absolute Gasteiger partial charge is 0.416 e. The maximum atomic E-state index is 13.6. The summed E-state index contributed by atoms with van der Waals surface area (Å²) in [6, 6.07) is 76.1. The number of nitrogen functional groups attached to an aromatic ring is 2. The van der Waals surface area contributed by atoms with Crippen LogP contribution in [0.3, 0.4) is 0 Å². The number of aromatic nitrogens is 6. The van der Waals surface area contributed by atoms with E-state index >= 15 is 0 Å². The van der Waals surface area contributed by atoms with Gasteiger partial charge in [-0.1, -0.05) is 121 Å². The van der Waals surface area contributed by atoms with Crippen molar-refractivity contribution < 1.29 is 72.8 Å². The summed E-state index contributed by atoms with van der Waals surface area (Å²) in [6.45, 7) is 9.58. The average molecular weight is 1950 g/mol. The van der Waals surface area contributed by atoms with Crippen molar-refractivity contribution in [1.82, 2.24) is 29.9 Å². The summed E-state index contributed by atoms with van der Waals surface area (Å²) in [4.78, 5) is 25.8. The minimum atomic E-state index is -4.56. The molecule has 12 aromatic carbocycles.